The molecule has 0 bridgehead atoms. The first kappa shape index (κ1) is 37.2. The molecule has 4 atom stereocenters. The van der Waals surface area contributed by atoms with Crippen LogP contribution in [0.1, 0.15) is 49.5 Å². The summed E-state index contributed by atoms with van der Waals surface area (Å²) in [5, 5.41) is 18.9. The van der Waals surface area contributed by atoms with Gasteiger partial charge in [0.1, 0.15) is 11.3 Å². The molecule has 11 nitrogen and oxygen atoms in total. The molecule has 1 heterocycles. The molecule has 4 N–H and O–H groups in total. The van der Waals surface area contributed by atoms with Crippen LogP contribution < -0.4 is 16.0 Å². The topological polar surface area (TPSA) is 164 Å². The van der Waals surface area contributed by atoms with Gasteiger partial charge in [-0.2, -0.15) is 0 Å². The molecule has 0 radical (unpaired) electrons. The number of aliphatic hydroxyl groups excluding tert-OH is 1. The molecule has 13 heteroatoms. The van der Waals surface area contributed by atoms with E-state index in [4.69, 9.17) is 4.74 Å². The highest BCUT2D eigenvalue weighted by Gasteiger charge is 2.36. The number of rotatable bonds is 20. The maximum atomic E-state index is 13.8. The molecule has 44 heavy (non-hydrogen) atoms. The normalized spacial score (nSPS) is 14.3. The zero-order valence-corrected chi connectivity index (χ0v) is 27.5. The van der Waals surface area contributed by atoms with Crippen LogP contribution in [0.3, 0.4) is 0 Å². The number of aliphatic hydroxyl groups is 1. The highest BCUT2D eigenvalue weighted by molar-refractivity contribution is 8.00. The quantitative estimate of drug-likeness (QED) is 0.157. The molecule has 0 aliphatic rings. The standard InChI is InChI=1S/C31H46N4O7S2/c1-5-6-17-44(40,41)21-26(35-29(37)24-13-10-14-32-20-24)30(38)34-25(18-23-11-8-7-9-12-23)27(36)28(43-16-15-42-4)31(39)33-19-22(2)3/h7-14,20,22,25-28,36H,5-6,15-19,21H2,1-4H3,(H,33,39)(H,34,38)(H,35,37)/t25-,26?,27+,28+/m0/s1. The summed E-state index contributed by atoms with van der Waals surface area (Å²) in [7, 11) is -2.19. The minimum absolute atomic E-state index is 0.139. The van der Waals surface area contributed by atoms with Crippen LogP contribution in [0.2, 0.25) is 0 Å². The van der Waals surface area contributed by atoms with Crippen LogP contribution in [0.15, 0.2) is 54.9 Å². The molecule has 0 aliphatic heterocycles. The number of benzene rings is 1. The van der Waals surface area contributed by atoms with Crippen molar-refractivity contribution >= 4 is 39.3 Å². The summed E-state index contributed by atoms with van der Waals surface area (Å²) >= 11 is 1.20. The van der Waals surface area contributed by atoms with Gasteiger partial charge in [-0.05, 0) is 36.5 Å². The number of ether oxygens (including phenoxy) is 1. The second-order valence-electron chi connectivity index (χ2n) is 11.0. The Morgan fingerprint density at radius 3 is 2.39 bits per heavy atom. The van der Waals surface area contributed by atoms with Crippen LogP contribution in [-0.2, 0) is 30.6 Å². The number of hydrogen-bond donors (Lipinski definition) is 4. The number of pyridine rings is 1. The van der Waals surface area contributed by atoms with Gasteiger partial charge in [0, 0.05) is 31.8 Å². The van der Waals surface area contributed by atoms with Crippen molar-refractivity contribution in [1.82, 2.24) is 20.9 Å². The zero-order chi connectivity index (χ0) is 32.5. The molecular formula is C31H46N4O7S2. The molecule has 1 aromatic heterocycles. The summed E-state index contributed by atoms with van der Waals surface area (Å²) in [6.45, 7) is 6.52. The maximum absolute atomic E-state index is 13.8. The lowest BCUT2D eigenvalue weighted by Gasteiger charge is -2.31. The predicted molar refractivity (Wildman–Crippen MR) is 173 cm³/mol. The van der Waals surface area contributed by atoms with Crippen molar-refractivity contribution in [3.63, 3.8) is 0 Å². The summed E-state index contributed by atoms with van der Waals surface area (Å²) in [6.07, 6.45) is 2.65. The zero-order valence-electron chi connectivity index (χ0n) is 25.9. The van der Waals surface area contributed by atoms with Crippen molar-refractivity contribution < 1.29 is 32.6 Å². The van der Waals surface area contributed by atoms with Crippen LogP contribution in [-0.4, -0.2) is 97.2 Å². The van der Waals surface area contributed by atoms with Gasteiger partial charge in [0.25, 0.3) is 5.91 Å². The minimum atomic E-state index is -3.73. The van der Waals surface area contributed by atoms with Crippen LogP contribution in [0.25, 0.3) is 0 Å². The van der Waals surface area contributed by atoms with Crippen molar-refractivity contribution in [3.8, 4) is 0 Å². The van der Waals surface area contributed by atoms with Gasteiger partial charge in [-0.15, -0.1) is 11.8 Å². The first-order chi connectivity index (χ1) is 21.0. The molecule has 244 valence electrons. The number of methoxy groups -OCH3 is 1. The fourth-order valence-electron chi connectivity index (χ4n) is 4.24. The van der Waals surface area contributed by atoms with E-state index in [1.807, 2.05) is 51.1 Å². The first-order valence-corrected chi connectivity index (χ1v) is 17.7. The molecule has 0 saturated heterocycles. The van der Waals surface area contributed by atoms with Crippen LogP contribution in [0, 0.1) is 5.92 Å². The van der Waals surface area contributed by atoms with E-state index < -0.39 is 50.8 Å². The van der Waals surface area contributed by atoms with Crippen LogP contribution in [0.4, 0.5) is 0 Å². The van der Waals surface area contributed by atoms with Gasteiger partial charge in [-0.25, -0.2) is 8.42 Å². The third kappa shape index (κ3) is 13.3. The molecule has 0 spiro atoms. The smallest absolute Gasteiger partial charge is 0.253 e. The van der Waals surface area contributed by atoms with E-state index in [9.17, 15) is 27.9 Å². The van der Waals surface area contributed by atoms with Gasteiger partial charge < -0.3 is 25.8 Å². The number of aromatic nitrogens is 1. The number of amides is 3. The summed E-state index contributed by atoms with van der Waals surface area (Å²) in [5.41, 5.74) is 0.945. The summed E-state index contributed by atoms with van der Waals surface area (Å²) in [6, 6.07) is 9.73. The van der Waals surface area contributed by atoms with Crippen molar-refractivity contribution in [3.05, 3.63) is 66.0 Å². The Hall–Kier alpha value is -3.00. The largest absolute Gasteiger partial charge is 0.389 e. The molecule has 0 aliphatic carbocycles. The van der Waals surface area contributed by atoms with E-state index in [0.29, 0.717) is 31.7 Å². The van der Waals surface area contributed by atoms with Crippen LogP contribution >= 0.6 is 11.8 Å². The van der Waals surface area contributed by atoms with Gasteiger partial charge in [-0.3, -0.25) is 19.4 Å². The highest BCUT2D eigenvalue weighted by atomic mass is 32.2. The Bertz CT molecular complexity index is 1260. The van der Waals surface area contributed by atoms with E-state index in [1.54, 1.807) is 6.07 Å². The van der Waals surface area contributed by atoms with E-state index in [-0.39, 0.29) is 29.6 Å². The monoisotopic (exact) mass is 650 g/mol. The lowest BCUT2D eigenvalue weighted by atomic mass is 9.98. The van der Waals surface area contributed by atoms with Gasteiger partial charge >= 0.3 is 0 Å². The third-order valence-corrected chi connectivity index (χ3v) is 9.66. The summed E-state index contributed by atoms with van der Waals surface area (Å²) in [4.78, 5) is 44.0. The van der Waals surface area contributed by atoms with Gasteiger partial charge in [-0.1, -0.05) is 57.5 Å². The first-order valence-electron chi connectivity index (χ1n) is 14.8. The average Bonchev–Trinajstić information content (AvgIpc) is 3.00. The van der Waals surface area contributed by atoms with Gasteiger partial charge in [0.15, 0.2) is 9.84 Å². The maximum Gasteiger partial charge on any atom is 0.253 e. The van der Waals surface area contributed by atoms with Crippen molar-refractivity contribution in [2.24, 2.45) is 5.92 Å². The molecule has 2 aromatic rings. The minimum Gasteiger partial charge on any atom is -0.389 e. The Balaban J connectivity index is 2.41. The average molecular weight is 651 g/mol. The third-order valence-electron chi connectivity index (χ3n) is 6.65. The number of carbonyl (C=O) groups is 3. The summed E-state index contributed by atoms with van der Waals surface area (Å²) < 4.78 is 31.0. The number of nitrogens with one attached hydrogen (secondary N) is 3. The van der Waals surface area contributed by atoms with E-state index in [2.05, 4.69) is 20.9 Å². The molecule has 0 saturated carbocycles. The molecule has 1 aromatic carbocycles. The number of thioether (sulfide) groups is 1. The second kappa shape index (κ2) is 19.4. The number of nitrogens with zero attached hydrogens (tertiary/aromatic N) is 1. The Morgan fingerprint density at radius 2 is 1.77 bits per heavy atom. The number of hydrogen-bond acceptors (Lipinski definition) is 9. The lowest BCUT2D eigenvalue weighted by molar-refractivity contribution is -0.126. The van der Waals surface area contributed by atoms with Crippen molar-refractivity contribution in [2.45, 2.75) is 63.5 Å². The van der Waals surface area contributed by atoms with Gasteiger partial charge in [0.05, 0.1) is 35.8 Å². The molecule has 0 fully saturated rings. The van der Waals surface area contributed by atoms with E-state index in [0.717, 1.165) is 5.56 Å². The molecule has 2 rings (SSSR count). The molecular weight excluding hydrogens is 604 g/mol. The van der Waals surface area contributed by atoms with Crippen molar-refractivity contribution in [1.29, 1.82) is 0 Å². The fourth-order valence-corrected chi connectivity index (χ4v) is 7.01. The second-order valence-corrected chi connectivity index (χ2v) is 14.4. The Morgan fingerprint density at radius 1 is 1.05 bits per heavy atom. The number of sulfone groups is 1. The van der Waals surface area contributed by atoms with E-state index >= 15 is 0 Å². The molecule has 3 amide bonds. The predicted octanol–water partition coefficient (Wildman–Crippen LogP) is 2.00. The highest BCUT2D eigenvalue weighted by Crippen LogP contribution is 2.21. The SMILES string of the molecule is CCCCS(=O)(=O)CC(NC(=O)c1cccnc1)C(=O)N[C@@H](Cc1ccccc1)[C@@H](O)[C@@H](SCCOC)C(=O)NCC(C)C. The number of carbonyl (C=O) groups excluding carboxylic acids is 3. The Kier molecular flexibility index (Phi) is 16.4. The van der Waals surface area contributed by atoms with Crippen LogP contribution in [0.5, 0.6) is 0 Å². The van der Waals surface area contributed by atoms with E-state index in [1.165, 1.54) is 37.3 Å². The Labute approximate surface area is 265 Å². The van der Waals surface area contributed by atoms with Gasteiger partial charge in [0.2, 0.25) is 11.8 Å². The lowest BCUT2D eigenvalue weighted by Crippen LogP contribution is -2.58. The number of unbranched alkanes of at least 4 members (excludes halogenated alkanes) is 1. The van der Waals surface area contributed by atoms with Crippen molar-refractivity contribution in [2.75, 3.05) is 37.5 Å². The fraction of sp³-hybridized carbons (Fsp3) is 0.548. The molecule has 1 unspecified atom stereocenters. The summed E-state index contributed by atoms with van der Waals surface area (Å²) in [5.74, 6) is -2.00.